The minimum absolute atomic E-state index is 0.0125. The molecule has 0 unspecified atom stereocenters. The Balaban J connectivity index is 1.72. The number of ether oxygens (including phenoxy) is 1. The van der Waals surface area contributed by atoms with Crippen molar-refractivity contribution >= 4 is 23.0 Å². The van der Waals surface area contributed by atoms with Crippen molar-refractivity contribution < 1.29 is 22.7 Å². The van der Waals surface area contributed by atoms with Gasteiger partial charge in [-0.05, 0) is 36.6 Å². The van der Waals surface area contributed by atoms with Crippen LogP contribution in [0.25, 0.3) is 0 Å². The highest BCUT2D eigenvalue weighted by molar-refractivity contribution is 6.42. The van der Waals surface area contributed by atoms with Gasteiger partial charge in [-0.2, -0.15) is 5.10 Å². The molecule has 2 N–H and O–H groups in total. The molecule has 1 aliphatic rings. The zero-order chi connectivity index (χ0) is 22.4. The van der Waals surface area contributed by atoms with E-state index in [4.69, 9.17) is 10.6 Å². The molecular formula is C20H21F3N6O2. The molecule has 0 aromatic carbocycles. The second-order valence-corrected chi connectivity index (χ2v) is 6.79. The molecule has 0 saturated heterocycles. The molecule has 31 heavy (non-hydrogen) atoms. The van der Waals surface area contributed by atoms with Gasteiger partial charge >= 0.3 is 0 Å². The van der Waals surface area contributed by atoms with Crippen molar-refractivity contribution in [1.82, 2.24) is 14.9 Å². The lowest BCUT2D eigenvalue weighted by atomic mass is 10.0. The van der Waals surface area contributed by atoms with Gasteiger partial charge in [0.05, 0.1) is 17.6 Å². The molecular weight excluding hydrogens is 413 g/mol. The molecule has 0 atom stereocenters. The van der Waals surface area contributed by atoms with Crippen LogP contribution in [0, 0.1) is 0 Å². The van der Waals surface area contributed by atoms with Gasteiger partial charge in [0.1, 0.15) is 18.0 Å². The normalized spacial score (nSPS) is 14.5. The monoisotopic (exact) mass is 434 g/mol. The van der Waals surface area contributed by atoms with Crippen LogP contribution in [0.2, 0.25) is 0 Å². The predicted octanol–water partition coefficient (Wildman–Crippen LogP) is 2.75. The lowest BCUT2D eigenvalue weighted by molar-refractivity contribution is -0.133. The molecule has 0 fully saturated rings. The molecule has 0 spiro atoms. The van der Waals surface area contributed by atoms with Crippen LogP contribution >= 0.6 is 0 Å². The number of rotatable bonds is 7. The maximum absolute atomic E-state index is 12.7. The fourth-order valence-electron chi connectivity index (χ4n) is 2.98. The Bertz CT molecular complexity index is 995. The van der Waals surface area contributed by atoms with Crippen LogP contribution in [0.4, 0.5) is 18.9 Å². The van der Waals surface area contributed by atoms with E-state index < -0.39 is 19.0 Å². The highest BCUT2D eigenvalue weighted by Crippen LogP contribution is 2.22. The van der Waals surface area contributed by atoms with E-state index in [2.05, 4.69) is 20.1 Å². The highest BCUT2D eigenvalue weighted by atomic mass is 19.3. The minimum atomic E-state index is -2.66. The number of hydrogen-bond donors (Lipinski definition) is 1. The first-order chi connectivity index (χ1) is 14.9. The summed E-state index contributed by atoms with van der Waals surface area (Å²) < 4.78 is 43.6. The third kappa shape index (κ3) is 5.56. The number of fused-ring (bicyclic) bond motifs is 1. The lowest BCUT2D eigenvalue weighted by Crippen LogP contribution is -2.36. The van der Waals surface area contributed by atoms with Crippen molar-refractivity contribution in [3.63, 3.8) is 0 Å². The third-order valence-electron chi connectivity index (χ3n) is 4.76. The van der Waals surface area contributed by atoms with Crippen LogP contribution in [0.5, 0.6) is 5.88 Å². The second kappa shape index (κ2) is 10.0. The molecule has 8 nitrogen and oxygen atoms in total. The summed E-state index contributed by atoms with van der Waals surface area (Å²) in [4.78, 5) is 25.2. The summed E-state index contributed by atoms with van der Waals surface area (Å²) in [6.45, 7) is 1.33. The van der Waals surface area contributed by atoms with Crippen molar-refractivity contribution in [3.05, 3.63) is 47.4 Å². The summed E-state index contributed by atoms with van der Waals surface area (Å²) in [6.07, 6.45) is 0.723. The number of nitrogens with zero attached hydrogens (tertiary/aromatic N) is 5. The number of carbonyl (C=O) groups excluding carboxylic acids is 1. The third-order valence-corrected chi connectivity index (χ3v) is 4.76. The lowest BCUT2D eigenvalue weighted by Gasteiger charge is -2.28. The average molecular weight is 434 g/mol. The first-order valence-corrected chi connectivity index (χ1v) is 9.42. The summed E-state index contributed by atoms with van der Waals surface area (Å²) in [5, 5.41) is 3.62. The second-order valence-electron chi connectivity index (χ2n) is 6.79. The molecule has 0 bridgehead atoms. The van der Waals surface area contributed by atoms with Crippen LogP contribution in [0.1, 0.15) is 30.2 Å². The molecule has 11 heteroatoms. The number of halogens is 3. The van der Waals surface area contributed by atoms with E-state index in [1.807, 2.05) is 0 Å². The summed E-state index contributed by atoms with van der Waals surface area (Å²) in [5.41, 5.74) is 2.58. The number of aliphatic imine (C=N–C) groups is 1. The number of alkyl halides is 3. The minimum Gasteiger partial charge on any atom is -0.471 e. The van der Waals surface area contributed by atoms with Crippen molar-refractivity contribution in [2.45, 2.75) is 26.3 Å². The van der Waals surface area contributed by atoms with Crippen LogP contribution in [0.15, 0.2) is 40.7 Å². The van der Waals surface area contributed by atoms with E-state index in [9.17, 15) is 18.0 Å². The summed E-state index contributed by atoms with van der Waals surface area (Å²) in [7, 11) is 0. The van der Waals surface area contributed by atoms with Gasteiger partial charge < -0.3 is 15.5 Å². The van der Waals surface area contributed by atoms with Crippen molar-refractivity contribution in [2.75, 3.05) is 19.8 Å². The molecule has 0 saturated carbocycles. The maximum Gasteiger partial charge on any atom is 0.280 e. The SMILES string of the molecule is C/C(=N/N)C(COc1cc2c(cn1)CN(C(=O)CF)CC2)=Nc1ccc(C(F)F)nc1. The molecule has 164 valence electrons. The molecule has 3 rings (SSSR count). The number of hydrazone groups is 1. The standard InChI is InChI=1S/C20H21F3N6O2/c1-12(28-24)17(27-15-2-3-16(20(22)23)25-9-15)11-31-18-6-13-4-5-29(19(30)7-21)10-14(13)8-26-18/h2-3,6,8-9,20H,4-5,7,10-11,24H2,1H3/b27-17?,28-12-. The summed E-state index contributed by atoms with van der Waals surface area (Å²) in [5.74, 6) is 5.16. The van der Waals surface area contributed by atoms with Crippen LogP contribution in [-0.4, -0.2) is 52.0 Å². The Hall–Kier alpha value is -3.50. The van der Waals surface area contributed by atoms with Gasteiger partial charge in [0.2, 0.25) is 5.88 Å². The molecule has 1 aliphatic heterocycles. The quantitative estimate of drug-likeness (QED) is 0.410. The molecule has 2 aromatic heterocycles. The smallest absolute Gasteiger partial charge is 0.280 e. The molecule has 0 aliphatic carbocycles. The fourth-order valence-corrected chi connectivity index (χ4v) is 2.98. The van der Waals surface area contributed by atoms with Gasteiger partial charge in [0.25, 0.3) is 12.3 Å². The molecule has 2 aromatic rings. The van der Waals surface area contributed by atoms with Gasteiger partial charge in [-0.1, -0.05) is 0 Å². The Morgan fingerprint density at radius 1 is 1.29 bits per heavy atom. The number of hydrogen-bond acceptors (Lipinski definition) is 7. The fraction of sp³-hybridized carbons (Fsp3) is 0.350. The summed E-state index contributed by atoms with van der Waals surface area (Å²) in [6, 6.07) is 4.37. The molecule has 1 amide bonds. The van der Waals surface area contributed by atoms with Crippen molar-refractivity contribution in [1.29, 1.82) is 0 Å². The summed E-state index contributed by atoms with van der Waals surface area (Å²) >= 11 is 0. The maximum atomic E-state index is 12.7. The highest BCUT2D eigenvalue weighted by Gasteiger charge is 2.21. The van der Waals surface area contributed by atoms with Gasteiger partial charge in [0.15, 0.2) is 6.67 Å². The van der Waals surface area contributed by atoms with Gasteiger partial charge in [-0.25, -0.2) is 23.1 Å². The van der Waals surface area contributed by atoms with E-state index in [-0.39, 0.29) is 12.3 Å². The zero-order valence-electron chi connectivity index (χ0n) is 16.8. The van der Waals surface area contributed by atoms with Gasteiger partial charge in [0, 0.05) is 25.4 Å². The van der Waals surface area contributed by atoms with Crippen LogP contribution in [0.3, 0.4) is 0 Å². The van der Waals surface area contributed by atoms with Crippen molar-refractivity contribution in [3.8, 4) is 5.88 Å². The van der Waals surface area contributed by atoms with Crippen molar-refractivity contribution in [2.24, 2.45) is 15.9 Å². The van der Waals surface area contributed by atoms with E-state index >= 15 is 0 Å². The van der Waals surface area contributed by atoms with Gasteiger partial charge in [-0.3, -0.25) is 9.78 Å². The van der Waals surface area contributed by atoms with E-state index in [0.717, 1.165) is 11.1 Å². The Labute approximate surface area is 176 Å². The first kappa shape index (κ1) is 22.2. The number of nitrogens with two attached hydrogens (primary N) is 1. The largest absolute Gasteiger partial charge is 0.471 e. The topological polar surface area (TPSA) is 106 Å². The van der Waals surface area contributed by atoms with Crippen LogP contribution < -0.4 is 10.6 Å². The Morgan fingerprint density at radius 3 is 2.74 bits per heavy atom. The Morgan fingerprint density at radius 2 is 2.10 bits per heavy atom. The number of carbonyl (C=O) groups is 1. The van der Waals surface area contributed by atoms with E-state index in [0.29, 0.717) is 42.5 Å². The van der Waals surface area contributed by atoms with E-state index in [1.165, 1.54) is 23.2 Å². The average Bonchev–Trinajstić information content (AvgIpc) is 2.80. The van der Waals surface area contributed by atoms with Crippen LogP contribution in [-0.2, 0) is 17.8 Å². The molecule has 0 radical (unpaired) electrons. The first-order valence-electron chi connectivity index (χ1n) is 9.42. The predicted molar refractivity (Wildman–Crippen MR) is 108 cm³/mol. The number of amides is 1. The Kier molecular flexibility index (Phi) is 7.16. The van der Waals surface area contributed by atoms with Gasteiger partial charge in [-0.15, -0.1) is 0 Å². The number of pyridine rings is 2. The van der Waals surface area contributed by atoms with E-state index in [1.54, 1.807) is 19.2 Å². The number of aromatic nitrogens is 2. The zero-order valence-corrected chi connectivity index (χ0v) is 16.8. The molecule has 3 heterocycles.